The second kappa shape index (κ2) is 6.20. The smallest absolute Gasteiger partial charge is 0.228 e. The number of nitrogens with two attached hydrogens (primary N) is 1. The zero-order valence-electron chi connectivity index (χ0n) is 13.8. The Hall–Kier alpha value is -1.88. The van der Waals surface area contributed by atoms with Crippen LogP contribution in [0.25, 0.3) is 0 Å². The summed E-state index contributed by atoms with van der Waals surface area (Å²) >= 11 is 0. The van der Waals surface area contributed by atoms with Crippen molar-refractivity contribution in [3.05, 3.63) is 29.8 Å². The SMILES string of the molecule is NC1CC2CCCC(C1)C2NC(=O)C1CC(=O)Nc2ccccc21. The average Bonchev–Trinajstić information content (AvgIpc) is 2.54. The van der Waals surface area contributed by atoms with Gasteiger partial charge >= 0.3 is 0 Å². The highest BCUT2D eigenvalue weighted by Gasteiger charge is 2.41. The lowest BCUT2D eigenvalue weighted by molar-refractivity contribution is -0.128. The summed E-state index contributed by atoms with van der Waals surface area (Å²) in [6.45, 7) is 0. The molecule has 1 aliphatic heterocycles. The second-order valence-electron chi connectivity index (χ2n) is 7.61. The molecule has 0 spiro atoms. The van der Waals surface area contributed by atoms with Crippen LogP contribution in [0.1, 0.15) is 50.0 Å². The van der Waals surface area contributed by atoms with E-state index in [1.54, 1.807) is 0 Å². The Morgan fingerprint density at radius 2 is 1.88 bits per heavy atom. The summed E-state index contributed by atoms with van der Waals surface area (Å²) in [5.74, 6) is 0.508. The first-order valence-corrected chi connectivity index (χ1v) is 9.06. The summed E-state index contributed by atoms with van der Waals surface area (Å²) in [6, 6.07) is 8.10. The highest BCUT2D eigenvalue weighted by Crippen LogP contribution is 2.40. The number of nitrogens with one attached hydrogen (secondary N) is 2. The van der Waals surface area contributed by atoms with E-state index in [4.69, 9.17) is 5.73 Å². The molecule has 3 aliphatic rings. The van der Waals surface area contributed by atoms with Crippen LogP contribution in [0.2, 0.25) is 0 Å². The number of para-hydroxylation sites is 1. The fourth-order valence-corrected chi connectivity index (χ4v) is 4.93. The Bertz CT molecular complexity index is 646. The first-order valence-electron chi connectivity index (χ1n) is 9.06. The molecule has 0 aromatic heterocycles. The van der Waals surface area contributed by atoms with Crippen molar-refractivity contribution in [2.24, 2.45) is 17.6 Å². The maximum atomic E-state index is 13.0. The summed E-state index contributed by atoms with van der Waals surface area (Å²) in [7, 11) is 0. The zero-order chi connectivity index (χ0) is 16.7. The molecule has 5 heteroatoms. The van der Waals surface area contributed by atoms with Crippen molar-refractivity contribution < 1.29 is 9.59 Å². The second-order valence-corrected chi connectivity index (χ2v) is 7.61. The van der Waals surface area contributed by atoms with E-state index in [0.29, 0.717) is 11.8 Å². The van der Waals surface area contributed by atoms with Crippen LogP contribution in [0, 0.1) is 11.8 Å². The maximum absolute atomic E-state index is 13.0. The Morgan fingerprint density at radius 1 is 1.17 bits per heavy atom. The minimum atomic E-state index is -0.383. The predicted molar refractivity (Wildman–Crippen MR) is 92.4 cm³/mol. The molecule has 1 aromatic rings. The molecule has 5 nitrogen and oxygen atoms in total. The highest BCUT2D eigenvalue weighted by atomic mass is 16.2. The Morgan fingerprint density at radius 3 is 2.62 bits per heavy atom. The van der Waals surface area contributed by atoms with Crippen LogP contribution in [-0.4, -0.2) is 23.9 Å². The van der Waals surface area contributed by atoms with Gasteiger partial charge in [0.25, 0.3) is 0 Å². The van der Waals surface area contributed by atoms with Gasteiger partial charge in [0.15, 0.2) is 0 Å². The third-order valence-electron chi connectivity index (χ3n) is 6.00. The van der Waals surface area contributed by atoms with Crippen molar-refractivity contribution in [1.29, 1.82) is 0 Å². The standard InChI is InChI=1S/C19H25N3O2/c20-13-8-11-4-3-5-12(9-13)18(11)22-19(24)15-10-17(23)21-16-7-2-1-6-14(15)16/h1-2,6-7,11-13,15,18H,3-5,8-10,20H2,(H,21,23)(H,22,24). The molecule has 4 rings (SSSR count). The van der Waals surface area contributed by atoms with Gasteiger partial charge in [-0.05, 0) is 49.1 Å². The van der Waals surface area contributed by atoms with Crippen molar-refractivity contribution in [3.63, 3.8) is 0 Å². The molecule has 24 heavy (non-hydrogen) atoms. The fourth-order valence-electron chi connectivity index (χ4n) is 4.93. The number of hydrogen-bond acceptors (Lipinski definition) is 3. The Kier molecular flexibility index (Phi) is 4.04. The molecule has 0 saturated heterocycles. The van der Waals surface area contributed by atoms with Crippen LogP contribution in [0.4, 0.5) is 5.69 Å². The molecule has 2 aliphatic carbocycles. The first-order chi connectivity index (χ1) is 11.6. The normalized spacial score (nSPS) is 34.9. The van der Waals surface area contributed by atoms with E-state index in [0.717, 1.165) is 36.9 Å². The summed E-state index contributed by atoms with van der Waals surface area (Å²) in [5.41, 5.74) is 7.86. The maximum Gasteiger partial charge on any atom is 0.228 e. The molecule has 128 valence electrons. The van der Waals surface area contributed by atoms with Crippen LogP contribution in [0.5, 0.6) is 0 Å². The largest absolute Gasteiger partial charge is 0.352 e. The predicted octanol–water partition coefficient (Wildman–Crippen LogP) is 2.13. The molecule has 2 amide bonds. The number of anilines is 1. The molecule has 4 N–H and O–H groups in total. The summed E-state index contributed by atoms with van der Waals surface area (Å²) in [6.07, 6.45) is 5.77. The van der Waals surface area contributed by atoms with Crippen LogP contribution >= 0.6 is 0 Å². The number of carbonyl (C=O) groups is 2. The lowest BCUT2D eigenvalue weighted by atomic mass is 9.67. The lowest BCUT2D eigenvalue weighted by Crippen LogP contribution is -2.54. The highest BCUT2D eigenvalue weighted by molar-refractivity contribution is 6.01. The monoisotopic (exact) mass is 327 g/mol. The molecule has 3 atom stereocenters. The third-order valence-corrected chi connectivity index (χ3v) is 6.00. The van der Waals surface area contributed by atoms with Gasteiger partial charge in [-0.15, -0.1) is 0 Å². The van der Waals surface area contributed by atoms with Gasteiger partial charge in [-0.3, -0.25) is 9.59 Å². The van der Waals surface area contributed by atoms with Crippen molar-refractivity contribution in [2.45, 2.75) is 56.5 Å². The molecule has 1 aromatic carbocycles. The van der Waals surface area contributed by atoms with Gasteiger partial charge in [0, 0.05) is 24.2 Å². The van der Waals surface area contributed by atoms with E-state index in [1.165, 1.54) is 6.42 Å². The van der Waals surface area contributed by atoms with Crippen molar-refractivity contribution in [3.8, 4) is 0 Å². The quantitative estimate of drug-likeness (QED) is 0.778. The number of amides is 2. The third kappa shape index (κ3) is 2.81. The van der Waals surface area contributed by atoms with Crippen molar-refractivity contribution in [2.75, 3.05) is 5.32 Å². The van der Waals surface area contributed by atoms with Crippen LogP contribution in [-0.2, 0) is 9.59 Å². The molecule has 2 fully saturated rings. The topological polar surface area (TPSA) is 84.2 Å². The van der Waals surface area contributed by atoms with E-state index in [2.05, 4.69) is 10.6 Å². The van der Waals surface area contributed by atoms with Crippen molar-refractivity contribution in [1.82, 2.24) is 5.32 Å². The van der Waals surface area contributed by atoms with Crippen LogP contribution in [0.15, 0.2) is 24.3 Å². The van der Waals surface area contributed by atoms with Crippen molar-refractivity contribution >= 4 is 17.5 Å². The number of carbonyl (C=O) groups excluding carboxylic acids is 2. The van der Waals surface area contributed by atoms with Gasteiger partial charge in [-0.1, -0.05) is 24.6 Å². The number of fused-ring (bicyclic) bond motifs is 3. The molecule has 3 unspecified atom stereocenters. The van der Waals surface area contributed by atoms with Gasteiger partial charge in [-0.2, -0.15) is 0 Å². The minimum Gasteiger partial charge on any atom is -0.352 e. The fraction of sp³-hybridized carbons (Fsp3) is 0.579. The average molecular weight is 327 g/mol. The van der Waals surface area contributed by atoms with E-state index in [9.17, 15) is 9.59 Å². The first kappa shape index (κ1) is 15.6. The van der Waals surface area contributed by atoms with E-state index in [-0.39, 0.29) is 36.2 Å². The van der Waals surface area contributed by atoms with E-state index in [1.807, 2.05) is 24.3 Å². The Labute approximate surface area is 142 Å². The molecule has 2 saturated carbocycles. The van der Waals surface area contributed by atoms with Gasteiger partial charge in [0.2, 0.25) is 11.8 Å². The molecule has 1 heterocycles. The summed E-state index contributed by atoms with van der Waals surface area (Å²) < 4.78 is 0. The molecule has 0 radical (unpaired) electrons. The van der Waals surface area contributed by atoms with Gasteiger partial charge in [0.05, 0.1) is 5.92 Å². The van der Waals surface area contributed by atoms with Gasteiger partial charge < -0.3 is 16.4 Å². The molecular formula is C19H25N3O2. The number of rotatable bonds is 2. The Balaban J connectivity index is 1.53. The molecule has 2 bridgehead atoms. The van der Waals surface area contributed by atoms with Gasteiger partial charge in [0.1, 0.15) is 0 Å². The lowest BCUT2D eigenvalue weighted by Gasteiger charge is -2.45. The number of hydrogen-bond donors (Lipinski definition) is 3. The molecular weight excluding hydrogens is 302 g/mol. The summed E-state index contributed by atoms with van der Waals surface area (Å²) in [5, 5.41) is 6.16. The van der Waals surface area contributed by atoms with E-state index < -0.39 is 0 Å². The summed E-state index contributed by atoms with van der Waals surface area (Å²) in [4.78, 5) is 24.9. The van der Waals surface area contributed by atoms with E-state index >= 15 is 0 Å². The zero-order valence-corrected chi connectivity index (χ0v) is 13.8. The number of benzene rings is 1. The van der Waals surface area contributed by atoms with Crippen LogP contribution < -0.4 is 16.4 Å². The minimum absolute atomic E-state index is 0.00493. The van der Waals surface area contributed by atoms with Gasteiger partial charge in [-0.25, -0.2) is 0 Å². The van der Waals surface area contributed by atoms with Crippen LogP contribution in [0.3, 0.4) is 0 Å².